The lowest BCUT2D eigenvalue weighted by molar-refractivity contribution is 0.138. The Balaban J connectivity index is 2.98. The average molecular weight is 319 g/mol. The molecule has 2 unspecified atom stereocenters. The van der Waals surface area contributed by atoms with Crippen LogP contribution in [0, 0.1) is 0 Å². The number of nitrogens with two attached hydrogens (primary N) is 1. The highest BCUT2D eigenvalue weighted by Crippen LogP contribution is 2.33. The van der Waals surface area contributed by atoms with Crippen LogP contribution in [-0.4, -0.2) is 23.5 Å². The molecule has 0 spiro atoms. The van der Waals surface area contributed by atoms with Crippen molar-refractivity contribution >= 4 is 27.3 Å². The number of hydrogen-bond donors (Lipinski definition) is 1. The second kappa shape index (κ2) is 6.88. The Morgan fingerprint density at radius 3 is 2.35 bits per heavy atom. The maximum absolute atomic E-state index is 6.20. The molecule has 0 bridgehead atoms. The second-order valence-corrected chi connectivity index (χ2v) is 7.27. The van der Waals surface area contributed by atoms with Gasteiger partial charge in [0.15, 0.2) is 0 Å². The first-order valence-electron chi connectivity index (χ1n) is 6.24. The van der Waals surface area contributed by atoms with Crippen molar-refractivity contribution < 1.29 is 0 Å². The Kier molecular flexibility index (Phi) is 6.13. The molecule has 1 aromatic rings. The summed E-state index contributed by atoms with van der Waals surface area (Å²) in [4.78, 5) is 3.86. The SMILES string of the molecule is CCCN(C(C)C)C(c1ccc(Br)s1)C(C)N. The van der Waals surface area contributed by atoms with E-state index >= 15 is 0 Å². The van der Waals surface area contributed by atoms with Crippen molar-refractivity contribution in [3.8, 4) is 0 Å². The Morgan fingerprint density at radius 2 is 2.00 bits per heavy atom. The summed E-state index contributed by atoms with van der Waals surface area (Å²) < 4.78 is 1.18. The quantitative estimate of drug-likeness (QED) is 0.858. The van der Waals surface area contributed by atoms with Crippen molar-refractivity contribution in [2.45, 2.75) is 52.2 Å². The van der Waals surface area contributed by atoms with Gasteiger partial charge in [0.2, 0.25) is 0 Å². The summed E-state index contributed by atoms with van der Waals surface area (Å²) in [6.07, 6.45) is 1.16. The lowest BCUT2D eigenvalue weighted by atomic mass is 10.0. The molecular formula is C13H23BrN2S. The van der Waals surface area contributed by atoms with Gasteiger partial charge in [-0.05, 0) is 61.8 Å². The molecule has 4 heteroatoms. The molecule has 2 atom stereocenters. The number of hydrogen-bond acceptors (Lipinski definition) is 3. The van der Waals surface area contributed by atoms with Gasteiger partial charge in [-0.25, -0.2) is 0 Å². The Bertz CT molecular complexity index is 336. The van der Waals surface area contributed by atoms with Crippen LogP contribution < -0.4 is 5.73 Å². The van der Waals surface area contributed by atoms with E-state index in [4.69, 9.17) is 5.73 Å². The Labute approximate surface area is 117 Å². The molecule has 0 radical (unpaired) electrons. The zero-order valence-electron chi connectivity index (χ0n) is 11.1. The minimum absolute atomic E-state index is 0.148. The van der Waals surface area contributed by atoms with Gasteiger partial charge in [-0.2, -0.15) is 0 Å². The van der Waals surface area contributed by atoms with Crippen LogP contribution in [0.25, 0.3) is 0 Å². The minimum atomic E-state index is 0.148. The van der Waals surface area contributed by atoms with E-state index in [0.29, 0.717) is 12.1 Å². The molecule has 0 saturated heterocycles. The van der Waals surface area contributed by atoms with E-state index in [-0.39, 0.29) is 6.04 Å². The summed E-state index contributed by atoms with van der Waals surface area (Å²) in [6, 6.07) is 5.29. The van der Waals surface area contributed by atoms with Crippen LogP contribution in [-0.2, 0) is 0 Å². The van der Waals surface area contributed by atoms with Gasteiger partial charge >= 0.3 is 0 Å². The van der Waals surface area contributed by atoms with E-state index in [1.165, 1.54) is 8.66 Å². The highest BCUT2D eigenvalue weighted by molar-refractivity contribution is 9.11. The number of nitrogens with zero attached hydrogens (tertiary/aromatic N) is 1. The molecule has 1 aromatic heterocycles. The summed E-state index contributed by atoms with van der Waals surface area (Å²) in [7, 11) is 0. The monoisotopic (exact) mass is 318 g/mol. The highest BCUT2D eigenvalue weighted by atomic mass is 79.9. The molecule has 0 saturated carbocycles. The molecule has 1 rings (SSSR count). The van der Waals surface area contributed by atoms with Crippen LogP contribution in [0.15, 0.2) is 15.9 Å². The molecule has 0 aliphatic carbocycles. The highest BCUT2D eigenvalue weighted by Gasteiger charge is 2.26. The van der Waals surface area contributed by atoms with Gasteiger partial charge in [-0.3, -0.25) is 4.90 Å². The molecular weight excluding hydrogens is 296 g/mol. The van der Waals surface area contributed by atoms with Crippen LogP contribution in [0.3, 0.4) is 0 Å². The van der Waals surface area contributed by atoms with E-state index < -0.39 is 0 Å². The van der Waals surface area contributed by atoms with Crippen molar-refractivity contribution in [3.63, 3.8) is 0 Å². The summed E-state index contributed by atoms with van der Waals surface area (Å²) in [5.74, 6) is 0. The fourth-order valence-corrected chi connectivity index (χ4v) is 3.85. The van der Waals surface area contributed by atoms with Gasteiger partial charge in [0.1, 0.15) is 0 Å². The normalized spacial score (nSPS) is 15.5. The van der Waals surface area contributed by atoms with Gasteiger partial charge in [-0.1, -0.05) is 6.92 Å². The maximum atomic E-state index is 6.20. The van der Waals surface area contributed by atoms with E-state index in [0.717, 1.165) is 13.0 Å². The molecule has 98 valence electrons. The first kappa shape index (κ1) is 15.2. The van der Waals surface area contributed by atoms with E-state index in [2.05, 4.69) is 60.7 Å². The summed E-state index contributed by atoms with van der Waals surface area (Å²) >= 11 is 5.32. The third-order valence-electron chi connectivity index (χ3n) is 2.89. The molecule has 0 aliphatic heterocycles. The summed E-state index contributed by atoms with van der Waals surface area (Å²) in [5.41, 5.74) is 6.20. The lowest BCUT2D eigenvalue weighted by Gasteiger charge is -2.36. The third-order valence-corrected chi connectivity index (χ3v) is 4.58. The minimum Gasteiger partial charge on any atom is -0.326 e. The average Bonchev–Trinajstić information content (AvgIpc) is 2.63. The third kappa shape index (κ3) is 4.05. The van der Waals surface area contributed by atoms with Crippen molar-refractivity contribution in [1.29, 1.82) is 0 Å². The topological polar surface area (TPSA) is 29.3 Å². The molecule has 0 aromatic carbocycles. The predicted octanol–water partition coefficient (Wildman–Crippen LogP) is 4.02. The molecule has 2 N–H and O–H groups in total. The fraction of sp³-hybridized carbons (Fsp3) is 0.692. The molecule has 17 heavy (non-hydrogen) atoms. The zero-order valence-corrected chi connectivity index (χ0v) is 13.5. The number of halogens is 1. The number of rotatable bonds is 6. The van der Waals surface area contributed by atoms with Crippen LogP contribution in [0.5, 0.6) is 0 Å². The molecule has 2 nitrogen and oxygen atoms in total. The van der Waals surface area contributed by atoms with Crippen molar-refractivity contribution in [2.24, 2.45) is 5.73 Å². The predicted molar refractivity (Wildman–Crippen MR) is 80.5 cm³/mol. The van der Waals surface area contributed by atoms with Gasteiger partial charge in [0.25, 0.3) is 0 Å². The second-order valence-electron chi connectivity index (χ2n) is 4.78. The van der Waals surface area contributed by atoms with Gasteiger partial charge in [0.05, 0.1) is 9.83 Å². The van der Waals surface area contributed by atoms with E-state index in [1.54, 1.807) is 11.3 Å². The van der Waals surface area contributed by atoms with Crippen molar-refractivity contribution in [2.75, 3.05) is 6.54 Å². The van der Waals surface area contributed by atoms with Crippen LogP contribution in [0.2, 0.25) is 0 Å². The lowest BCUT2D eigenvalue weighted by Crippen LogP contribution is -2.43. The van der Waals surface area contributed by atoms with E-state index in [1.807, 2.05) is 0 Å². The standard InChI is InChI=1S/C13H23BrN2S/c1-5-8-16(9(2)3)13(10(4)15)11-6-7-12(14)17-11/h6-7,9-10,13H,5,8,15H2,1-4H3. The zero-order chi connectivity index (χ0) is 13.0. The maximum Gasteiger partial charge on any atom is 0.0702 e. The van der Waals surface area contributed by atoms with Crippen LogP contribution in [0.1, 0.15) is 45.0 Å². The first-order valence-corrected chi connectivity index (χ1v) is 7.84. The van der Waals surface area contributed by atoms with E-state index in [9.17, 15) is 0 Å². The first-order chi connectivity index (χ1) is 7.97. The summed E-state index contributed by atoms with van der Waals surface area (Å²) in [6.45, 7) is 9.90. The summed E-state index contributed by atoms with van der Waals surface area (Å²) in [5, 5.41) is 0. The van der Waals surface area contributed by atoms with Crippen molar-refractivity contribution in [3.05, 3.63) is 20.8 Å². The largest absolute Gasteiger partial charge is 0.326 e. The molecule has 0 fully saturated rings. The Morgan fingerprint density at radius 1 is 1.35 bits per heavy atom. The smallest absolute Gasteiger partial charge is 0.0702 e. The van der Waals surface area contributed by atoms with Gasteiger partial charge in [0, 0.05) is 17.0 Å². The van der Waals surface area contributed by atoms with Crippen molar-refractivity contribution in [1.82, 2.24) is 4.90 Å². The van der Waals surface area contributed by atoms with Gasteiger partial charge in [-0.15, -0.1) is 11.3 Å². The van der Waals surface area contributed by atoms with Gasteiger partial charge < -0.3 is 5.73 Å². The molecule has 1 heterocycles. The number of thiophene rings is 1. The van der Waals surface area contributed by atoms with Crippen LogP contribution in [0.4, 0.5) is 0 Å². The molecule has 0 aliphatic rings. The van der Waals surface area contributed by atoms with Crippen LogP contribution >= 0.6 is 27.3 Å². The molecule has 0 amide bonds. The fourth-order valence-electron chi connectivity index (χ4n) is 2.19. The Hall–Kier alpha value is 0.1000.